The molecule has 1 heterocycles. The molecule has 0 aromatic carbocycles. The van der Waals surface area contributed by atoms with Crippen molar-refractivity contribution >= 4 is 0 Å². The van der Waals surface area contributed by atoms with Crippen LogP contribution in [-0.4, -0.2) is 5.10 Å². The molecular formula is C6H9N2O+. The standard InChI is InChI=1S/C6H8N2O/c1-5-3-4-8(2)7-6(5)9/h3-4H,1-2H3/p+1. The summed E-state index contributed by atoms with van der Waals surface area (Å²) in [6, 6.07) is 1.78. The Balaban J connectivity index is 3.34. The average molecular weight is 125 g/mol. The van der Waals surface area contributed by atoms with Crippen molar-refractivity contribution in [3.8, 4) is 0 Å². The fraction of sp³-hybridized carbons (Fsp3) is 0.333. The first-order valence-electron chi connectivity index (χ1n) is 2.76. The van der Waals surface area contributed by atoms with Gasteiger partial charge in [-0.2, -0.15) is 0 Å². The molecule has 0 saturated heterocycles. The van der Waals surface area contributed by atoms with Crippen molar-refractivity contribution in [2.45, 2.75) is 6.92 Å². The minimum atomic E-state index is -0.0278. The lowest BCUT2D eigenvalue weighted by molar-refractivity contribution is -0.732. The van der Waals surface area contributed by atoms with Gasteiger partial charge in [0.1, 0.15) is 0 Å². The fourth-order valence-electron chi connectivity index (χ4n) is 0.585. The number of nitrogens with zero attached hydrogens (tertiary/aromatic N) is 1. The highest BCUT2D eigenvalue weighted by Crippen LogP contribution is 1.77. The third-order valence-corrected chi connectivity index (χ3v) is 1.18. The van der Waals surface area contributed by atoms with Gasteiger partial charge in [0.15, 0.2) is 13.2 Å². The zero-order valence-corrected chi connectivity index (χ0v) is 5.51. The molecule has 0 aliphatic heterocycles. The summed E-state index contributed by atoms with van der Waals surface area (Å²) in [5.41, 5.74) is 0.716. The molecule has 3 heteroatoms. The Bertz CT molecular complexity index is 264. The number of aromatic amines is 1. The van der Waals surface area contributed by atoms with Crippen LogP contribution in [0, 0.1) is 6.92 Å². The minimum absolute atomic E-state index is 0.0278. The molecule has 0 aliphatic carbocycles. The van der Waals surface area contributed by atoms with E-state index in [0.717, 1.165) is 5.56 Å². The van der Waals surface area contributed by atoms with E-state index in [1.807, 2.05) is 0 Å². The van der Waals surface area contributed by atoms with E-state index in [2.05, 4.69) is 5.10 Å². The van der Waals surface area contributed by atoms with Crippen LogP contribution < -0.4 is 10.2 Å². The molecule has 9 heavy (non-hydrogen) atoms. The number of aromatic nitrogens is 2. The molecule has 0 aliphatic rings. The van der Waals surface area contributed by atoms with Crippen LogP contribution in [0.4, 0.5) is 0 Å². The first-order valence-corrected chi connectivity index (χ1v) is 2.76. The second-order valence-corrected chi connectivity index (χ2v) is 2.05. The van der Waals surface area contributed by atoms with Crippen LogP contribution in [-0.2, 0) is 7.05 Å². The van der Waals surface area contributed by atoms with Crippen molar-refractivity contribution in [1.82, 2.24) is 5.10 Å². The topological polar surface area (TPSA) is 36.7 Å². The number of hydrogen-bond acceptors (Lipinski definition) is 1. The molecule has 1 aromatic rings. The van der Waals surface area contributed by atoms with Crippen molar-refractivity contribution in [2.75, 3.05) is 0 Å². The van der Waals surface area contributed by atoms with E-state index < -0.39 is 0 Å². The van der Waals surface area contributed by atoms with Crippen molar-refractivity contribution < 1.29 is 4.68 Å². The zero-order valence-electron chi connectivity index (χ0n) is 5.51. The van der Waals surface area contributed by atoms with E-state index in [4.69, 9.17) is 0 Å². The number of aryl methyl sites for hydroxylation is 2. The Labute approximate surface area is 52.9 Å². The molecule has 1 rings (SSSR count). The lowest BCUT2D eigenvalue weighted by Crippen LogP contribution is -2.38. The van der Waals surface area contributed by atoms with Crippen LogP contribution in [0.15, 0.2) is 17.1 Å². The van der Waals surface area contributed by atoms with Gasteiger partial charge in [0.05, 0.1) is 0 Å². The highest BCUT2D eigenvalue weighted by molar-refractivity contribution is 4.99. The van der Waals surface area contributed by atoms with Crippen molar-refractivity contribution in [3.05, 3.63) is 28.2 Å². The molecule has 0 bridgehead atoms. The maximum atomic E-state index is 10.8. The van der Waals surface area contributed by atoms with Gasteiger partial charge in [-0.3, -0.25) is 4.79 Å². The van der Waals surface area contributed by atoms with Gasteiger partial charge in [-0.15, -0.1) is 9.78 Å². The molecular weight excluding hydrogens is 116 g/mol. The maximum Gasteiger partial charge on any atom is 0.300 e. The molecule has 0 spiro atoms. The summed E-state index contributed by atoms with van der Waals surface area (Å²) in [7, 11) is 1.78. The zero-order chi connectivity index (χ0) is 6.85. The van der Waals surface area contributed by atoms with E-state index >= 15 is 0 Å². The van der Waals surface area contributed by atoms with E-state index in [1.54, 1.807) is 30.9 Å². The Morgan fingerprint density at radius 2 is 2.33 bits per heavy atom. The lowest BCUT2D eigenvalue weighted by Gasteiger charge is -1.85. The molecule has 0 radical (unpaired) electrons. The van der Waals surface area contributed by atoms with E-state index in [1.165, 1.54) is 0 Å². The van der Waals surface area contributed by atoms with E-state index in [-0.39, 0.29) is 5.56 Å². The molecule has 0 fully saturated rings. The Morgan fingerprint density at radius 3 is 2.78 bits per heavy atom. The van der Waals surface area contributed by atoms with Crippen molar-refractivity contribution in [3.63, 3.8) is 0 Å². The molecule has 0 saturated carbocycles. The van der Waals surface area contributed by atoms with Crippen molar-refractivity contribution in [2.24, 2.45) is 7.05 Å². The minimum Gasteiger partial charge on any atom is -0.264 e. The number of rotatable bonds is 0. The maximum absolute atomic E-state index is 10.8. The van der Waals surface area contributed by atoms with Crippen LogP contribution >= 0.6 is 0 Å². The monoisotopic (exact) mass is 125 g/mol. The summed E-state index contributed by atoms with van der Waals surface area (Å²) in [5, 5.41) is 2.60. The van der Waals surface area contributed by atoms with Crippen LogP contribution in [0.25, 0.3) is 0 Å². The summed E-state index contributed by atoms with van der Waals surface area (Å²) in [5.74, 6) is 0. The number of hydrogen-bond donors (Lipinski definition) is 1. The smallest absolute Gasteiger partial charge is 0.264 e. The summed E-state index contributed by atoms with van der Waals surface area (Å²) < 4.78 is 1.62. The third kappa shape index (κ3) is 1.16. The second-order valence-electron chi connectivity index (χ2n) is 2.05. The number of nitrogens with one attached hydrogen (secondary N) is 1. The Hall–Kier alpha value is -1.12. The Kier molecular flexibility index (Phi) is 1.34. The van der Waals surface area contributed by atoms with Crippen LogP contribution in [0.2, 0.25) is 0 Å². The SMILES string of the molecule is Cc1cc[n+](C)[nH]c1=O. The van der Waals surface area contributed by atoms with Gasteiger partial charge in [0.2, 0.25) is 0 Å². The quantitative estimate of drug-likeness (QED) is 0.467. The van der Waals surface area contributed by atoms with Crippen LogP contribution in [0.5, 0.6) is 0 Å². The Morgan fingerprint density at radius 1 is 1.67 bits per heavy atom. The molecule has 1 N–H and O–H groups in total. The normalized spacial score (nSPS) is 9.56. The molecule has 3 nitrogen and oxygen atoms in total. The highest BCUT2D eigenvalue weighted by atomic mass is 16.1. The fourth-order valence-corrected chi connectivity index (χ4v) is 0.585. The van der Waals surface area contributed by atoms with Gasteiger partial charge < -0.3 is 0 Å². The third-order valence-electron chi connectivity index (χ3n) is 1.18. The van der Waals surface area contributed by atoms with Crippen LogP contribution in [0.1, 0.15) is 5.56 Å². The molecule has 1 aromatic heterocycles. The summed E-state index contributed by atoms with van der Waals surface area (Å²) >= 11 is 0. The molecule has 0 unspecified atom stereocenters. The first kappa shape index (κ1) is 6.01. The first-order chi connectivity index (χ1) is 4.20. The predicted octanol–water partition coefficient (Wildman–Crippen LogP) is -0.492. The summed E-state index contributed by atoms with van der Waals surface area (Å²) in [4.78, 5) is 10.8. The van der Waals surface area contributed by atoms with Gasteiger partial charge in [-0.05, 0) is 6.92 Å². The number of H-pyrrole nitrogens is 1. The lowest BCUT2D eigenvalue weighted by atomic mass is 10.3. The highest BCUT2D eigenvalue weighted by Gasteiger charge is 1.94. The van der Waals surface area contributed by atoms with E-state index in [0.29, 0.717) is 0 Å². The predicted molar refractivity (Wildman–Crippen MR) is 33.0 cm³/mol. The van der Waals surface area contributed by atoms with Gasteiger partial charge in [-0.25, -0.2) is 0 Å². The summed E-state index contributed by atoms with van der Waals surface area (Å²) in [6.07, 6.45) is 1.80. The summed E-state index contributed by atoms with van der Waals surface area (Å²) in [6.45, 7) is 1.78. The van der Waals surface area contributed by atoms with Crippen LogP contribution in [0.3, 0.4) is 0 Å². The van der Waals surface area contributed by atoms with Gasteiger partial charge in [-0.1, -0.05) is 0 Å². The van der Waals surface area contributed by atoms with Gasteiger partial charge >= 0.3 is 5.56 Å². The average Bonchev–Trinajstić information content (AvgIpc) is 1.80. The van der Waals surface area contributed by atoms with Crippen molar-refractivity contribution in [1.29, 1.82) is 0 Å². The molecule has 0 atom stereocenters. The van der Waals surface area contributed by atoms with Gasteiger partial charge in [0, 0.05) is 11.6 Å². The molecule has 48 valence electrons. The largest absolute Gasteiger partial charge is 0.300 e. The van der Waals surface area contributed by atoms with E-state index in [9.17, 15) is 4.79 Å². The van der Waals surface area contributed by atoms with Gasteiger partial charge in [0.25, 0.3) is 0 Å². The molecule has 0 amide bonds. The second kappa shape index (κ2) is 2.01.